The van der Waals surface area contributed by atoms with Gasteiger partial charge in [-0.25, -0.2) is 8.42 Å². The van der Waals surface area contributed by atoms with Crippen molar-refractivity contribution in [1.29, 1.82) is 0 Å². The zero-order chi connectivity index (χ0) is 22.6. The summed E-state index contributed by atoms with van der Waals surface area (Å²) in [4.78, 5) is 15.5. The summed E-state index contributed by atoms with van der Waals surface area (Å²) in [5.41, 5.74) is 3.87. The lowest BCUT2D eigenvalue weighted by Crippen LogP contribution is -2.45. The molecule has 2 aliphatic heterocycles. The number of carbonyl (C=O) groups excluding carboxylic acids is 1. The van der Waals surface area contributed by atoms with Crippen LogP contribution in [0.15, 0.2) is 53.4 Å². The smallest absolute Gasteiger partial charge is 0.243 e. The Morgan fingerprint density at radius 3 is 2.59 bits per heavy atom. The van der Waals surface area contributed by atoms with Gasteiger partial charge in [-0.15, -0.1) is 0 Å². The first kappa shape index (κ1) is 23.0. The lowest BCUT2D eigenvalue weighted by atomic mass is 9.98. The molecule has 0 radical (unpaired) electrons. The van der Waals surface area contributed by atoms with Crippen molar-refractivity contribution in [3.63, 3.8) is 0 Å². The highest BCUT2D eigenvalue weighted by Gasteiger charge is 2.33. The summed E-state index contributed by atoms with van der Waals surface area (Å²) >= 11 is 0. The molecule has 0 unspecified atom stereocenters. The monoisotopic (exact) mass is 455 g/mol. The minimum absolute atomic E-state index is 0.0298. The van der Waals surface area contributed by atoms with Crippen LogP contribution in [0.3, 0.4) is 0 Å². The summed E-state index contributed by atoms with van der Waals surface area (Å²) in [5.74, 6) is -0.316. The molecule has 1 atom stereocenters. The summed E-state index contributed by atoms with van der Waals surface area (Å²) in [6, 6.07) is 15.5. The second-order valence-corrected chi connectivity index (χ2v) is 10.9. The van der Waals surface area contributed by atoms with Gasteiger partial charge in [0.15, 0.2) is 0 Å². The highest BCUT2D eigenvalue weighted by atomic mass is 32.2. The van der Waals surface area contributed by atoms with Gasteiger partial charge in [-0.1, -0.05) is 42.0 Å². The molecule has 1 saturated heterocycles. The fourth-order valence-corrected chi connectivity index (χ4v) is 6.16. The zero-order valence-corrected chi connectivity index (χ0v) is 19.6. The van der Waals surface area contributed by atoms with Crippen LogP contribution < -0.4 is 5.32 Å². The molecule has 0 aromatic heterocycles. The Labute approximate surface area is 191 Å². The van der Waals surface area contributed by atoms with Crippen LogP contribution in [-0.4, -0.2) is 56.3 Å². The number of aryl methyl sites for hydroxylation is 1. The minimum atomic E-state index is -3.56. The summed E-state index contributed by atoms with van der Waals surface area (Å²) < 4.78 is 27.4. The van der Waals surface area contributed by atoms with Gasteiger partial charge in [0.1, 0.15) is 0 Å². The van der Waals surface area contributed by atoms with Crippen molar-refractivity contribution in [3.05, 3.63) is 65.2 Å². The van der Waals surface area contributed by atoms with Crippen LogP contribution in [0.1, 0.15) is 36.0 Å². The van der Waals surface area contributed by atoms with E-state index in [2.05, 4.69) is 34.5 Å². The van der Waals surface area contributed by atoms with Crippen LogP contribution in [0, 0.1) is 12.8 Å². The van der Waals surface area contributed by atoms with Crippen LogP contribution in [0.4, 0.5) is 0 Å². The number of fused-ring (bicyclic) bond motifs is 1. The van der Waals surface area contributed by atoms with Crippen molar-refractivity contribution in [2.45, 2.75) is 44.0 Å². The molecule has 0 aliphatic carbocycles. The van der Waals surface area contributed by atoms with E-state index in [1.807, 2.05) is 19.1 Å². The molecule has 32 heavy (non-hydrogen) atoms. The molecule has 4 rings (SSSR count). The van der Waals surface area contributed by atoms with Crippen LogP contribution in [0.5, 0.6) is 0 Å². The Kier molecular flexibility index (Phi) is 7.28. The number of nitrogens with zero attached hydrogens (tertiary/aromatic N) is 2. The standard InChI is InChI=1S/C25H33N3O3S/c1-20-9-11-24(12-10-20)32(30,31)28-16-4-8-23(19-28)25(29)26-14-5-15-27-17-13-21-6-2-3-7-22(21)18-27/h2-3,6-7,9-12,23H,4-5,8,13-19H2,1H3,(H,26,29)/t23-/m0/s1. The van der Waals surface area contributed by atoms with Crippen LogP contribution in [0.25, 0.3) is 0 Å². The van der Waals surface area contributed by atoms with E-state index >= 15 is 0 Å². The van der Waals surface area contributed by atoms with Crippen molar-refractivity contribution < 1.29 is 13.2 Å². The van der Waals surface area contributed by atoms with Crippen molar-refractivity contribution in [2.24, 2.45) is 5.92 Å². The summed E-state index contributed by atoms with van der Waals surface area (Å²) in [6.07, 6.45) is 3.41. The fourth-order valence-electron chi connectivity index (χ4n) is 4.64. The molecular formula is C25H33N3O3S. The van der Waals surface area contributed by atoms with Crippen molar-refractivity contribution >= 4 is 15.9 Å². The lowest BCUT2D eigenvalue weighted by molar-refractivity contribution is -0.126. The second-order valence-electron chi connectivity index (χ2n) is 8.95. The van der Waals surface area contributed by atoms with Crippen molar-refractivity contribution in [2.75, 3.05) is 32.7 Å². The van der Waals surface area contributed by atoms with E-state index < -0.39 is 10.0 Å². The predicted molar refractivity (Wildman–Crippen MR) is 126 cm³/mol. The Balaban J connectivity index is 1.24. The molecule has 1 fully saturated rings. The molecule has 2 aromatic rings. The SMILES string of the molecule is Cc1ccc(S(=O)(=O)N2CCC[C@H](C(=O)NCCCN3CCc4ccccc4C3)C2)cc1. The number of hydrogen-bond acceptors (Lipinski definition) is 4. The maximum Gasteiger partial charge on any atom is 0.243 e. The van der Waals surface area contributed by atoms with Gasteiger partial charge in [-0.3, -0.25) is 9.69 Å². The summed E-state index contributed by atoms with van der Waals surface area (Å²) in [6.45, 7) is 6.26. The largest absolute Gasteiger partial charge is 0.356 e. The van der Waals surface area contributed by atoms with Gasteiger partial charge in [0.2, 0.25) is 15.9 Å². The molecular weight excluding hydrogens is 422 g/mol. The topological polar surface area (TPSA) is 69.7 Å². The van der Waals surface area contributed by atoms with Gasteiger partial charge >= 0.3 is 0 Å². The third-order valence-electron chi connectivity index (χ3n) is 6.57. The maximum atomic E-state index is 13.0. The minimum Gasteiger partial charge on any atom is -0.356 e. The molecule has 1 amide bonds. The fraction of sp³-hybridized carbons (Fsp3) is 0.480. The van der Waals surface area contributed by atoms with E-state index in [1.54, 1.807) is 12.1 Å². The van der Waals surface area contributed by atoms with E-state index in [0.29, 0.717) is 24.4 Å². The summed E-state index contributed by atoms with van der Waals surface area (Å²) in [5, 5.41) is 3.04. The Hall–Kier alpha value is -2.22. The quantitative estimate of drug-likeness (QED) is 0.652. The van der Waals surface area contributed by atoms with Gasteiger partial charge in [0.25, 0.3) is 0 Å². The number of amides is 1. The first-order valence-corrected chi connectivity index (χ1v) is 13.0. The van der Waals surface area contributed by atoms with Crippen molar-refractivity contribution in [1.82, 2.24) is 14.5 Å². The molecule has 2 aromatic carbocycles. The molecule has 1 N–H and O–H groups in total. The first-order chi connectivity index (χ1) is 15.4. The highest BCUT2D eigenvalue weighted by molar-refractivity contribution is 7.89. The molecule has 0 saturated carbocycles. The van der Waals surface area contributed by atoms with E-state index in [4.69, 9.17) is 0 Å². The Morgan fingerprint density at radius 2 is 1.81 bits per heavy atom. The molecule has 7 heteroatoms. The van der Waals surface area contributed by atoms with Gasteiger partial charge in [-0.05, 0) is 55.9 Å². The summed E-state index contributed by atoms with van der Waals surface area (Å²) in [7, 11) is -3.56. The number of hydrogen-bond donors (Lipinski definition) is 1. The number of carbonyl (C=O) groups is 1. The van der Waals surface area contributed by atoms with E-state index in [9.17, 15) is 13.2 Å². The third-order valence-corrected chi connectivity index (χ3v) is 8.45. The Bertz CT molecular complexity index is 1040. The predicted octanol–water partition coefficient (Wildman–Crippen LogP) is 2.96. The van der Waals surface area contributed by atoms with Gasteiger partial charge in [-0.2, -0.15) is 4.31 Å². The van der Waals surface area contributed by atoms with Gasteiger partial charge in [0, 0.05) is 39.3 Å². The van der Waals surface area contributed by atoms with E-state index in [-0.39, 0.29) is 18.4 Å². The van der Waals surface area contributed by atoms with Crippen LogP contribution >= 0.6 is 0 Å². The molecule has 0 spiro atoms. The maximum absolute atomic E-state index is 13.0. The van der Waals surface area contributed by atoms with Crippen molar-refractivity contribution in [3.8, 4) is 0 Å². The average molecular weight is 456 g/mol. The second kappa shape index (κ2) is 10.1. The van der Waals surface area contributed by atoms with E-state index in [1.165, 1.54) is 15.4 Å². The number of nitrogens with one attached hydrogen (secondary N) is 1. The third kappa shape index (κ3) is 5.39. The average Bonchev–Trinajstić information content (AvgIpc) is 2.82. The molecule has 2 heterocycles. The number of sulfonamides is 1. The Morgan fingerprint density at radius 1 is 1.06 bits per heavy atom. The number of piperidine rings is 1. The van der Waals surface area contributed by atoms with Gasteiger partial charge in [0.05, 0.1) is 10.8 Å². The zero-order valence-electron chi connectivity index (χ0n) is 18.8. The number of rotatable bonds is 7. The molecule has 172 valence electrons. The normalized spacial score (nSPS) is 20.0. The van der Waals surface area contributed by atoms with Crippen LogP contribution in [-0.2, 0) is 27.8 Å². The van der Waals surface area contributed by atoms with Gasteiger partial charge < -0.3 is 5.32 Å². The highest BCUT2D eigenvalue weighted by Crippen LogP contribution is 2.24. The molecule has 0 bridgehead atoms. The lowest BCUT2D eigenvalue weighted by Gasteiger charge is -2.31. The van der Waals surface area contributed by atoms with Crippen LogP contribution in [0.2, 0.25) is 0 Å². The first-order valence-electron chi connectivity index (χ1n) is 11.6. The van der Waals surface area contributed by atoms with E-state index in [0.717, 1.165) is 44.5 Å². The molecule has 2 aliphatic rings. The molecule has 6 nitrogen and oxygen atoms in total. The number of benzene rings is 2.